The van der Waals surface area contributed by atoms with E-state index in [1.807, 2.05) is 19.1 Å². The Morgan fingerprint density at radius 1 is 1.58 bits per heavy atom. The molecule has 1 rings (SSSR count). The summed E-state index contributed by atoms with van der Waals surface area (Å²) in [4.78, 5) is 10.4. The van der Waals surface area contributed by atoms with Gasteiger partial charge in [0.05, 0.1) is 6.26 Å². The summed E-state index contributed by atoms with van der Waals surface area (Å²) in [6.07, 6.45) is 3.51. The van der Waals surface area contributed by atoms with Gasteiger partial charge in [-0.3, -0.25) is 0 Å². The third-order valence-electron chi connectivity index (χ3n) is 1.99. The average molecular weight is 166 g/mol. The molecule has 0 saturated heterocycles. The molecule has 2 heteroatoms. The van der Waals surface area contributed by atoms with E-state index in [0.717, 1.165) is 18.5 Å². The summed E-state index contributed by atoms with van der Waals surface area (Å²) in [5.74, 6) is 1.41. The molecule has 0 fully saturated rings. The molecule has 0 N–H and O–H groups in total. The summed E-state index contributed by atoms with van der Waals surface area (Å²) < 4.78 is 5.22. The van der Waals surface area contributed by atoms with E-state index in [4.69, 9.17) is 4.42 Å². The molecule has 66 valence electrons. The van der Waals surface area contributed by atoms with Crippen molar-refractivity contribution < 1.29 is 9.21 Å². The molecule has 0 aliphatic heterocycles. The van der Waals surface area contributed by atoms with E-state index in [9.17, 15) is 4.79 Å². The lowest BCUT2D eigenvalue weighted by atomic mass is 9.96. The first kappa shape index (κ1) is 9.04. The summed E-state index contributed by atoms with van der Waals surface area (Å²) in [7, 11) is 0. The normalized spacial score (nSPS) is 15.5. The van der Waals surface area contributed by atoms with Crippen LogP contribution in [-0.2, 0) is 4.79 Å². The zero-order valence-electron chi connectivity index (χ0n) is 7.49. The Morgan fingerprint density at radius 3 is 2.83 bits per heavy atom. The van der Waals surface area contributed by atoms with Gasteiger partial charge in [-0.15, -0.1) is 0 Å². The minimum Gasteiger partial charge on any atom is -0.469 e. The van der Waals surface area contributed by atoms with Crippen LogP contribution in [0.5, 0.6) is 0 Å². The first-order chi connectivity index (χ1) is 5.74. The Hall–Kier alpha value is -1.05. The molecule has 0 radical (unpaired) electrons. The number of aldehydes is 1. The Bertz CT molecular complexity index is 226. The number of carbonyl (C=O) groups is 1. The van der Waals surface area contributed by atoms with Crippen LogP contribution in [0.25, 0.3) is 0 Å². The standard InChI is InChI=1S/C10H14O2/c1-8(7-11)6-9(2)10-4-3-5-12-10/h3-5,7-9H,6H2,1-2H3. The van der Waals surface area contributed by atoms with E-state index >= 15 is 0 Å². The number of furan rings is 1. The monoisotopic (exact) mass is 166 g/mol. The summed E-state index contributed by atoms with van der Waals surface area (Å²) >= 11 is 0. The fraction of sp³-hybridized carbons (Fsp3) is 0.500. The van der Waals surface area contributed by atoms with Crippen molar-refractivity contribution in [3.63, 3.8) is 0 Å². The van der Waals surface area contributed by atoms with Crippen molar-refractivity contribution in [1.29, 1.82) is 0 Å². The summed E-state index contributed by atoms with van der Waals surface area (Å²) in [6, 6.07) is 3.82. The van der Waals surface area contributed by atoms with E-state index in [2.05, 4.69) is 6.92 Å². The SMILES string of the molecule is CC(C=O)CC(C)c1ccco1. The van der Waals surface area contributed by atoms with Gasteiger partial charge in [0, 0.05) is 11.8 Å². The molecule has 0 saturated carbocycles. The zero-order valence-corrected chi connectivity index (χ0v) is 7.49. The molecule has 2 unspecified atom stereocenters. The van der Waals surface area contributed by atoms with Gasteiger partial charge in [-0.05, 0) is 18.6 Å². The molecule has 0 aliphatic rings. The molecule has 0 aromatic carbocycles. The molecule has 0 bridgehead atoms. The Balaban J connectivity index is 2.49. The van der Waals surface area contributed by atoms with E-state index in [1.54, 1.807) is 6.26 Å². The predicted octanol–water partition coefficient (Wildman–Crippen LogP) is 2.61. The largest absolute Gasteiger partial charge is 0.469 e. The van der Waals surface area contributed by atoms with Gasteiger partial charge in [0.2, 0.25) is 0 Å². The second-order valence-corrected chi connectivity index (χ2v) is 3.27. The van der Waals surface area contributed by atoms with Gasteiger partial charge >= 0.3 is 0 Å². The first-order valence-electron chi connectivity index (χ1n) is 4.22. The van der Waals surface area contributed by atoms with Crippen LogP contribution in [0.1, 0.15) is 31.9 Å². The summed E-state index contributed by atoms with van der Waals surface area (Å²) in [5.41, 5.74) is 0. The van der Waals surface area contributed by atoms with Gasteiger partial charge in [-0.2, -0.15) is 0 Å². The zero-order chi connectivity index (χ0) is 8.97. The Kier molecular flexibility index (Phi) is 3.09. The van der Waals surface area contributed by atoms with Crippen LogP contribution in [0.4, 0.5) is 0 Å². The number of hydrogen-bond acceptors (Lipinski definition) is 2. The van der Waals surface area contributed by atoms with Crippen molar-refractivity contribution in [3.8, 4) is 0 Å². The fourth-order valence-corrected chi connectivity index (χ4v) is 1.30. The van der Waals surface area contributed by atoms with Crippen LogP contribution >= 0.6 is 0 Å². The molecular weight excluding hydrogens is 152 g/mol. The van der Waals surface area contributed by atoms with E-state index in [-0.39, 0.29) is 5.92 Å². The quantitative estimate of drug-likeness (QED) is 0.643. The molecule has 12 heavy (non-hydrogen) atoms. The third kappa shape index (κ3) is 2.22. The first-order valence-corrected chi connectivity index (χ1v) is 4.22. The van der Waals surface area contributed by atoms with Crippen molar-refractivity contribution >= 4 is 6.29 Å². The van der Waals surface area contributed by atoms with Crippen molar-refractivity contribution in [1.82, 2.24) is 0 Å². The maximum absolute atomic E-state index is 10.4. The molecule has 1 aromatic rings. The van der Waals surface area contributed by atoms with Gasteiger partial charge in [-0.1, -0.05) is 13.8 Å². The van der Waals surface area contributed by atoms with Crippen LogP contribution in [0.3, 0.4) is 0 Å². The smallest absolute Gasteiger partial charge is 0.122 e. The van der Waals surface area contributed by atoms with Gasteiger partial charge in [0.1, 0.15) is 12.0 Å². The molecule has 0 amide bonds. The molecule has 0 aliphatic carbocycles. The van der Waals surface area contributed by atoms with Gasteiger partial charge in [-0.25, -0.2) is 0 Å². The molecule has 1 aromatic heterocycles. The average Bonchev–Trinajstić information content (AvgIpc) is 2.56. The topological polar surface area (TPSA) is 30.2 Å². The minimum absolute atomic E-state index is 0.116. The van der Waals surface area contributed by atoms with Crippen LogP contribution < -0.4 is 0 Å². The number of carbonyl (C=O) groups excluding carboxylic acids is 1. The number of rotatable bonds is 4. The van der Waals surface area contributed by atoms with E-state index in [1.165, 1.54) is 0 Å². The Labute approximate surface area is 72.6 Å². The van der Waals surface area contributed by atoms with Gasteiger partial charge in [0.15, 0.2) is 0 Å². The lowest BCUT2D eigenvalue weighted by molar-refractivity contribution is -0.110. The molecule has 1 heterocycles. The van der Waals surface area contributed by atoms with E-state index in [0.29, 0.717) is 5.92 Å². The van der Waals surface area contributed by atoms with Crippen molar-refractivity contribution in [2.45, 2.75) is 26.2 Å². The second-order valence-electron chi connectivity index (χ2n) is 3.27. The van der Waals surface area contributed by atoms with Crippen molar-refractivity contribution in [2.75, 3.05) is 0 Å². The molecular formula is C10H14O2. The molecule has 0 spiro atoms. The fourth-order valence-electron chi connectivity index (χ4n) is 1.30. The highest BCUT2D eigenvalue weighted by molar-refractivity contribution is 5.52. The lowest BCUT2D eigenvalue weighted by Crippen LogP contribution is -2.01. The maximum atomic E-state index is 10.4. The minimum atomic E-state index is 0.116. The van der Waals surface area contributed by atoms with Crippen LogP contribution in [0.15, 0.2) is 22.8 Å². The summed E-state index contributed by atoms with van der Waals surface area (Å²) in [6.45, 7) is 3.99. The lowest BCUT2D eigenvalue weighted by Gasteiger charge is -2.09. The highest BCUT2D eigenvalue weighted by Gasteiger charge is 2.11. The van der Waals surface area contributed by atoms with Gasteiger partial charge < -0.3 is 9.21 Å². The number of hydrogen-bond donors (Lipinski definition) is 0. The van der Waals surface area contributed by atoms with Crippen LogP contribution in [0, 0.1) is 5.92 Å². The second kappa shape index (κ2) is 4.10. The van der Waals surface area contributed by atoms with E-state index < -0.39 is 0 Å². The predicted molar refractivity (Wildman–Crippen MR) is 47.0 cm³/mol. The molecule has 2 atom stereocenters. The van der Waals surface area contributed by atoms with Crippen LogP contribution in [-0.4, -0.2) is 6.29 Å². The third-order valence-corrected chi connectivity index (χ3v) is 1.99. The van der Waals surface area contributed by atoms with Crippen molar-refractivity contribution in [2.24, 2.45) is 5.92 Å². The molecule has 2 nitrogen and oxygen atoms in total. The Morgan fingerprint density at radius 2 is 2.33 bits per heavy atom. The highest BCUT2D eigenvalue weighted by Crippen LogP contribution is 2.22. The van der Waals surface area contributed by atoms with Crippen molar-refractivity contribution in [3.05, 3.63) is 24.2 Å². The highest BCUT2D eigenvalue weighted by atomic mass is 16.3. The van der Waals surface area contributed by atoms with Gasteiger partial charge in [0.25, 0.3) is 0 Å². The summed E-state index contributed by atoms with van der Waals surface area (Å²) in [5, 5.41) is 0. The van der Waals surface area contributed by atoms with Crippen LogP contribution in [0.2, 0.25) is 0 Å². The maximum Gasteiger partial charge on any atom is 0.122 e.